The summed E-state index contributed by atoms with van der Waals surface area (Å²) in [6.45, 7) is 3.33. The number of hydrogen-bond acceptors (Lipinski definition) is 3. The van der Waals surface area contributed by atoms with Crippen LogP contribution in [-0.4, -0.2) is 25.8 Å². The van der Waals surface area contributed by atoms with Crippen LogP contribution in [0.3, 0.4) is 0 Å². The number of alkyl halides is 3. The number of carboxylic acids is 1. The standard InChI is InChI=1S/C12H10F3N3O2/c1-6-3-7(2)17-9(4-6)18-10(12(13,14)15)8(5-16-18)11(19)20/h3-5H,1-2H3,(H,19,20). The van der Waals surface area contributed by atoms with E-state index in [2.05, 4.69) is 10.1 Å². The van der Waals surface area contributed by atoms with Crippen molar-refractivity contribution in [3.63, 3.8) is 0 Å². The van der Waals surface area contributed by atoms with Crippen LogP contribution in [-0.2, 0) is 6.18 Å². The minimum absolute atomic E-state index is 0.0673. The molecule has 0 aromatic carbocycles. The van der Waals surface area contributed by atoms with Gasteiger partial charge in [0.1, 0.15) is 5.56 Å². The second-order valence-electron chi connectivity index (χ2n) is 4.27. The van der Waals surface area contributed by atoms with Gasteiger partial charge >= 0.3 is 12.1 Å². The summed E-state index contributed by atoms with van der Waals surface area (Å²) in [4.78, 5) is 14.8. The maximum absolute atomic E-state index is 13.0. The maximum atomic E-state index is 13.0. The molecule has 2 aromatic heterocycles. The molecule has 106 valence electrons. The lowest BCUT2D eigenvalue weighted by Gasteiger charge is -2.11. The van der Waals surface area contributed by atoms with Crippen molar-refractivity contribution in [1.82, 2.24) is 14.8 Å². The number of pyridine rings is 1. The highest BCUT2D eigenvalue weighted by Gasteiger charge is 2.40. The van der Waals surface area contributed by atoms with Crippen LogP contribution in [0.5, 0.6) is 0 Å². The summed E-state index contributed by atoms with van der Waals surface area (Å²) in [7, 11) is 0. The summed E-state index contributed by atoms with van der Waals surface area (Å²) in [6, 6.07) is 3.10. The molecule has 0 bridgehead atoms. The Labute approximate surface area is 111 Å². The molecule has 2 heterocycles. The summed E-state index contributed by atoms with van der Waals surface area (Å²) in [5, 5.41) is 12.3. The zero-order chi connectivity index (χ0) is 15.1. The molecule has 0 saturated heterocycles. The van der Waals surface area contributed by atoms with E-state index >= 15 is 0 Å². The highest BCUT2D eigenvalue weighted by Crippen LogP contribution is 2.33. The first-order valence-electron chi connectivity index (χ1n) is 5.54. The first-order valence-corrected chi connectivity index (χ1v) is 5.54. The average molecular weight is 285 g/mol. The van der Waals surface area contributed by atoms with Crippen LogP contribution in [0.4, 0.5) is 13.2 Å². The van der Waals surface area contributed by atoms with Gasteiger partial charge in [0.25, 0.3) is 0 Å². The Bertz CT molecular complexity index is 657. The van der Waals surface area contributed by atoms with Crippen LogP contribution >= 0.6 is 0 Å². The maximum Gasteiger partial charge on any atom is 0.434 e. The Morgan fingerprint density at radius 3 is 2.45 bits per heavy atom. The number of hydrogen-bond donors (Lipinski definition) is 1. The molecule has 0 saturated carbocycles. The van der Waals surface area contributed by atoms with Crippen LogP contribution in [0.1, 0.15) is 27.3 Å². The van der Waals surface area contributed by atoms with Crippen molar-refractivity contribution >= 4 is 5.97 Å². The highest BCUT2D eigenvalue weighted by atomic mass is 19.4. The minimum Gasteiger partial charge on any atom is -0.478 e. The van der Waals surface area contributed by atoms with E-state index in [0.29, 0.717) is 22.1 Å². The normalized spacial score (nSPS) is 11.7. The Balaban J connectivity index is 2.72. The van der Waals surface area contributed by atoms with Crippen LogP contribution < -0.4 is 0 Å². The van der Waals surface area contributed by atoms with Gasteiger partial charge in [-0.15, -0.1) is 0 Å². The fraction of sp³-hybridized carbons (Fsp3) is 0.250. The van der Waals surface area contributed by atoms with Crippen molar-refractivity contribution < 1.29 is 23.1 Å². The Hall–Kier alpha value is -2.38. The van der Waals surface area contributed by atoms with Crippen LogP contribution in [0.2, 0.25) is 0 Å². The van der Waals surface area contributed by atoms with Gasteiger partial charge in [0.15, 0.2) is 11.5 Å². The van der Waals surface area contributed by atoms with E-state index in [1.165, 1.54) is 6.07 Å². The largest absolute Gasteiger partial charge is 0.478 e. The number of carboxylic acid groups (broad SMARTS) is 1. The molecule has 0 aliphatic heterocycles. The lowest BCUT2D eigenvalue weighted by atomic mass is 10.2. The van der Waals surface area contributed by atoms with Gasteiger partial charge in [0.05, 0.1) is 6.20 Å². The Morgan fingerprint density at radius 2 is 1.95 bits per heavy atom. The lowest BCUT2D eigenvalue weighted by molar-refractivity contribution is -0.143. The van der Waals surface area contributed by atoms with Gasteiger partial charge in [-0.3, -0.25) is 0 Å². The van der Waals surface area contributed by atoms with E-state index in [1.54, 1.807) is 19.9 Å². The van der Waals surface area contributed by atoms with Crippen molar-refractivity contribution in [3.8, 4) is 5.82 Å². The van der Waals surface area contributed by atoms with Gasteiger partial charge in [-0.2, -0.15) is 18.3 Å². The van der Waals surface area contributed by atoms with Gasteiger partial charge < -0.3 is 5.11 Å². The zero-order valence-corrected chi connectivity index (χ0v) is 10.6. The van der Waals surface area contributed by atoms with Gasteiger partial charge in [-0.1, -0.05) is 0 Å². The summed E-state index contributed by atoms with van der Waals surface area (Å²) in [5.41, 5.74) is -1.03. The first kappa shape index (κ1) is 14.0. The number of nitrogens with zero attached hydrogens (tertiary/aromatic N) is 3. The SMILES string of the molecule is Cc1cc(C)nc(-n2ncc(C(=O)O)c2C(F)(F)F)c1. The molecule has 0 aliphatic rings. The van der Waals surface area contributed by atoms with Crippen molar-refractivity contribution in [2.45, 2.75) is 20.0 Å². The summed E-state index contributed by atoms with van der Waals surface area (Å²) in [6.07, 6.45) is -4.17. The van der Waals surface area contributed by atoms with Crippen molar-refractivity contribution in [2.75, 3.05) is 0 Å². The molecule has 0 radical (unpaired) electrons. The van der Waals surface area contributed by atoms with E-state index in [4.69, 9.17) is 5.11 Å². The number of aromatic carboxylic acids is 1. The van der Waals surface area contributed by atoms with E-state index in [9.17, 15) is 18.0 Å². The zero-order valence-electron chi connectivity index (χ0n) is 10.6. The molecule has 0 amide bonds. The molecule has 0 aliphatic carbocycles. The Morgan fingerprint density at radius 1 is 1.30 bits per heavy atom. The molecular formula is C12H10F3N3O2. The molecule has 20 heavy (non-hydrogen) atoms. The number of aromatic nitrogens is 3. The molecule has 0 unspecified atom stereocenters. The Kier molecular flexibility index (Phi) is 3.24. The van der Waals surface area contributed by atoms with Crippen LogP contribution in [0, 0.1) is 13.8 Å². The molecule has 0 spiro atoms. The number of halogens is 3. The fourth-order valence-corrected chi connectivity index (χ4v) is 1.88. The van der Waals surface area contributed by atoms with E-state index in [1.807, 2.05) is 0 Å². The third kappa shape index (κ3) is 2.49. The molecule has 0 fully saturated rings. The summed E-state index contributed by atoms with van der Waals surface area (Å²) >= 11 is 0. The lowest BCUT2D eigenvalue weighted by Crippen LogP contribution is -2.18. The van der Waals surface area contributed by atoms with Gasteiger partial charge in [0, 0.05) is 5.69 Å². The third-order valence-corrected chi connectivity index (χ3v) is 2.57. The van der Waals surface area contributed by atoms with Crippen molar-refractivity contribution in [1.29, 1.82) is 0 Å². The minimum atomic E-state index is -4.84. The third-order valence-electron chi connectivity index (χ3n) is 2.57. The van der Waals surface area contributed by atoms with Gasteiger partial charge in [-0.25, -0.2) is 14.5 Å². The van der Waals surface area contributed by atoms with Gasteiger partial charge in [-0.05, 0) is 31.5 Å². The average Bonchev–Trinajstić information content (AvgIpc) is 2.71. The molecule has 0 atom stereocenters. The van der Waals surface area contributed by atoms with Gasteiger partial charge in [0.2, 0.25) is 0 Å². The second-order valence-corrected chi connectivity index (χ2v) is 4.27. The molecule has 1 N–H and O–H groups in total. The van der Waals surface area contributed by atoms with E-state index < -0.39 is 23.4 Å². The quantitative estimate of drug-likeness (QED) is 0.921. The molecule has 2 aromatic rings. The molecule has 8 heteroatoms. The molecule has 2 rings (SSSR count). The number of aryl methyl sites for hydroxylation is 2. The second kappa shape index (κ2) is 4.62. The van der Waals surface area contributed by atoms with E-state index in [0.717, 1.165) is 0 Å². The van der Waals surface area contributed by atoms with Crippen LogP contribution in [0.25, 0.3) is 5.82 Å². The van der Waals surface area contributed by atoms with Crippen molar-refractivity contribution in [3.05, 3.63) is 40.8 Å². The monoisotopic (exact) mass is 285 g/mol. The predicted molar refractivity (Wildman–Crippen MR) is 62.8 cm³/mol. The van der Waals surface area contributed by atoms with E-state index in [-0.39, 0.29) is 5.82 Å². The summed E-state index contributed by atoms with van der Waals surface area (Å²) in [5.74, 6) is -1.75. The number of carbonyl (C=O) groups is 1. The van der Waals surface area contributed by atoms with Crippen molar-refractivity contribution in [2.24, 2.45) is 0 Å². The van der Waals surface area contributed by atoms with Crippen LogP contribution in [0.15, 0.2) is 18.3 Å². The first-order chi connectivity index (χ1) is 9.20. The smallest absolute Gasteiger partial charge is 0.434 e. The number of rotatable bonds is 2. The summed E-state index contributed by atoms with van der Waals surface area (Å²) < 4.78 is 39.6. The topological polar surface area (TPSA) is 68.0 Å². The molecular weight excluding hydrogens is 275 g/mol. The predicted octanol–water partition coefficient (Wildman–Crippen LogP) is 2.60. The highest BCUT2D eigenvalue weighted by molar-refractivity contribution is 5.89. The molecule has 5 nitrogen and oxygen atoms in total. The fourth-order valence-electron chi connectivity index (χ4n) is 1.88.